The van der Waals surface area contributed by atoms with Crippen molar-refractivity contribution in [2.24, 2.45) is 0 Å². The van der Waals surface area contributed by atoms with Crippen LogP contribution in [0.1, 0.15) is 31.4 Å². The monoisotopic (exact) mass is 266 g/mol. The fourth-order valence-corrected chi connectivity index (χ4v) is 2.36. The summed E-state index contributed by atoms with van der Waals surface area (Å²) in [5.74, 6) is 1.27. The van der Waals surface area contributed by atoms with Crippen LogP contribution in [-0.4, -0.2) is 32.6 Å². The Kier molecular flexibility index (Phi) is 7.21. The predicted octanol–water partition coefficient (Wildman–Crippen LogP) is 3.55. The molecule has 0 aliphatic carbocycles. The minimum atomic E-state index is 0.440. The third-order valence-electron chi connectivity index (χ3n) is 3.14. The van der Waals surface area contributed by atoms with Crippen molar-refractivity contribution in [1.29, 1.82) is 0 Å². The van der Waals surface area contributed by atoms with Gasteiger partial charge in [-0.25, -0.2) is 0 Å². The van der Waals surface area contributed by atoms with Crippen molar-refractivity contribution in [3.05, 3.63) is 29.8 Å². The lowest BCUT2D eigenvalue weighted by Crippen LogP contribution is -2.20. The van der Waals surface area contributed by atoms with E-state index in [0.717, 1.165) is 6.54 Å². The molecule has 0 saturated carbocycles. The van der Waals surface area contributed by atoms with Gasteiger partial charge < -0.3 is 10.2 Å². The summed E-state index contributed by atoms with van der Waals surface area (Å²) in [6, 6.07) is 9.24. The molecule has 0 spiro atoms. The highest BCUT2D eigenvalue weighted by Gasteiger charge is 2.04. The Morgan fingerprint density at radius 2 is 1.83 bits per heavy atom. The van der Waals surface area contributed by atoms with Gasteiger partial charge in [0.15, 0.2) is 0 Å². The summed E-state index contributed by atoms with van der Waals surface area (Å²) in [4.78, 5) is 2.13. The van der Waals surface area contributed by atoms with Crippen LogP contribution in [0.4, 0.5) is 5.69 Å². The smallest absolute Gasteiger partial charge is 0.0361 e. The predicted molar refractivity (Wildman–Crippen MR) is 84.8 cm³/mol. The second-order valence-corrected chi connectivity index (χ2v) is 5.85. The first-order chi connectivity index (χ1) is 8.65. The molecule has 0 heterocycles. The minimum Gasteiger partial charge on any atom is -0.378 e. The average molecular weight is 266 g/mol. The highest BCUT2D eigenvalue weighted by atomic mass is 32.2. The van der Waals surface area contributed by atoms with Gasteiger partial charge in [-0.2, -0.15) is 11.8 Å². The Morgan fingerprint density at radius 3 is 2.39 bits per heavy atom. The van der Waals surface area contributed by atoms with Crippen molar-refractivity contribution < 1.29 is 0 Å². The molecule has 1 atom stereocenters. The molecule has 1 aromatic carbocycles. The Balaban J connectivity index is 2.34. The molecular weight excluding hydrogens is 240 g/mol. The zero-order valence-electron chi connectivity index (χ0n) is 12.1. The molecule has 2 nitrogen and oxygen atoms in total. The minimum absolute atomic E-state index is 0.440. The van der Waals surface area contributed by atoms with Gasteiger partial charge in [-0.05, 0) is 56.0 Å². The topological polar surface area (TPSA) is 15.3 Å². The quantitative estimate of drug-likeness (QED) is 0.725. The summed E-state index contributed by atoms with van der Waals surface area (Å²) >= 11 is 1.93. The van der Waals surface area contributed by atoms with Gasteiger partial charge in [0, 0.05) is 25.8 Å². The van der Waals surface area contributed by atoms with Crippen molar-refractivity contribution in [1.82, 2.24) is 5.32 Å². The largest absolute Gasteiger partial charge is 0.378 e. The molecule has 1 N–H and O–H groups in total. The van der Waals surface area contributed by atoms with Gasteiger partial charge in [-0.1, -0.05) is 12.1 Å². The standard InChI is InChI=1S/C15H26N2S/c1-13(16-11-5-6-12-18-4)14-7-9-15(10-8-14)17(2)3/h7-10,13,16H,5-6,11-12H2,1-4H3. The van der Waals surface area contributed by atoms with E-state index in [0.29, 0.717) is 6.04 Å². The average Bonchev–Trinajstić information content (AvgIpc) is 2.38. The number of benzene rings is 1. The number of anilines is 1. The van der Waals surface area contributed by atoms with Crippen LogP contribution in [0.5, 0.6) is 0 Å². The summed E-state index contributed by atoms with van der Waals surface area (Å²) in [6.07, 6.45) is 4.74. The van der Waals surface area contributed by atoms with Crippen LogP contribution < -0.4 is 10.2 Å². The lowest BCUT2D eigenvalue weighted by molar-refractivity contribution is 0.556. The number of hydrogen-bond acceptors (Lipinski definition) is 3. The number of hydrogen-bond donors (Lipinski definition) is 1. The maximum atomic E-state index is 3.58. The first-order valence-corrected chi connectivity index (χ1v) is 8.04. The highest BCUT2D eigenvalue weighted by molar-refractivity contribution is 7.98. The molecule has 0 saturated heterocycles. The van der Waals surface area contributed by atoms with Crippen molar-refractivity contribution in [2.75, 3.05) is 37.5 Å². The molecule has 0 aliphatic heterocycles. The van der Waals surface area contributed by atoms with Crippen LogP contribution in [0.25, 0.3) is 0 Å². The van der Waals surface area contributed by atoms with Gasteiger partial charge in [-0.15, -0.1) is 0 Å². The Morgan fingerprint density at radius 1 is 1.17 bits per heavy atom. The maximum Gasteiger partial charge on any atom is 0.0361 e. The maximum absolute atomic E-state index is 3.58. The van der Waals surface area contributed by atoms with Crippen LogP contribution in [0.15, 0.2) is 24.3 Å². The summed E-state index contributed by atoms with van der Waals surface area (Å²) in [6.45, 7) is 3.34. The second-order valence-electron chi connectivity index (χ2n) is 4.86. The normalized spacial score (nSPS) is 12.4. The first kappa shape index (κ1) is 15.4. The molecule has 0 radical (unpaired) electrons. The molecule has 3 heteroatoms. The molecule has 0 fully saturated rings. The summed E-state index contributed by atoms with van der Waals surface area (Å²) in [5.41, 5.74) is 2.62. The number of unbranched alkanes of at least 4 members (excludes halogenated alkanes) is 1. The van der Waals surface area contributed by atoms with Gasteiger partial charge in [-0.3, -0.25) is 0 Å². The van der Waals surface area contributed by atoms with Crippen molar-refractivity contribution in [3.8, 4) is 0 Å². The van der Waals surface area contributed by atoms with Crippen LogP contribution in [0.3, 0.4) is 0 Å². The molecular formula is C15H26N2S. The Labute approximate surface area is 116 Å². The zero-order valence-corrected chi connectivity index (χ0v) is 12.9. The fraction of sp³-hybridized carbons (Fsp3) is 0.600. The third kappa shape index (κ3) is 5.32. The Bertz CT molecular complexity index is 322. The number of rotatable bonds is 8. The lowest BCUT2D eigenvalue weighted by Gasteiger charge is -2.17. The molecule has 1 unspecified atom stereocenters. The third-order valence-corrected chi connectivity index (χ3v) is 3.83. The van der Waals surface area contributed by atoms with E-state index in [4.69, 9.17) is 0 Å². The van der Waals surface area contributed by atoms with Crippen LogP contribution in [0.2, 0.25) is 0 Å². The van der Waals surface area contributed by atoms with Gasteiger partial charge in [0.1, 0.15) is 0 Å². The lowest BCUT2D eigenvalue weighted by atomic mass is 10.1. The highest BCUT2D eigenvalue weighted by Crippen LogP contribution is 2.17. The van der Waals surface area contributed by atoms with E-state index >= 15 is 0 Å². The van der Waals surface area contributed by atoms with Crippen molar-refractivity contribution >= 4 is 17.4 Å². The molecule has 0 amide bonds. The number of nitrogens with zero attached hydrogens (tertiary/aromatic N) is 1. The SMILES string of the molecule is CSCCCCNC(C)c1ccc(N(C)C)cc1. The molecule has 1 rings (SSSR count). The number of thioether (sulfide) groups is 1. The van der Waals surface area contributed by atoms with Gasteiger partial charge in [0.25, 0.3) is 0 Å². The van der Waals surface area contributed by atoms with E-state index in [2.05, 4.69) is 61.8 Å². The molecule has 18 heavy (non-hydrogen) atoms. The fourth-order valence-electron chi connectivity index (χ4n) is 1.87. The van der Waals surface area contributed by atoms with Crippen LogP contribution in [0, 0.1) is 0 Å². The Hall–Kier alpha value is -0.670. The van der Waals surface area contributed by atoms with Crippen molar-refractivity contribution in [2.45, 2.75) is 25.8 Å². The molecule has 1 aromatic rings. The molecule has 0 aliphatic rings. The van der Waals surface area contributed by atoms with Gasteiger partial charge in [0.05, 0.1) is 0 Å². The van der Waals surface area contributed by atoms with E-state index in [1.165, 1.54) is 29.8 Å². The summed E-state index contributed by atoms with van der Waals surface area (Å²) < 4.78 is 0. The van der Waals surface area contributed by atoms with E-state index < -0.39 is 0 Å². The molecule has 102 valence electrons. The van der Waals surface area contributed by atoms with E-state index in [1.807, 2.05) is 11.8 Å². The van der Waals surface area contributed by atoms with E-state index in [9.17, 15) is 0 Å². The van der Waals surface area contributed by atoms with Gasteiger partial charge in [0.2, 0.25) is 0 Å². The van der Waals surface area contributed by atoms with Gasteiger partial charge >= 0.3 is 0 Å². The summed E-state index contributed by atoms with van der Waals surface area (Å²) in [5, 5.41) is 3.58. The van der Waals surface area contributed by atoms with Crippen LogP contribution >= 0.6 is 11.8 Å². The summed E-state index contributed by atoms with van der Waals surface area (Å²) in [7, 11) is 4.14. The first-order valence-electron chi connectivity index (χ1n) is 6.64. The zero-order chi connectivity index (χ0) is 13.4. The molecule has 0 bridgehead atoms. The number of nitrogens with one attached hydrogen (secondary N) is 1. The van der Waals surface area contributed by atoms with Crippen LogP contribution in [-0.2, 0) is 0 Å². The van der Waals surface area contributed by atoms with E-state index in [1.54, 1.807) is 0 Å². The van der Waals surface area contributed by atoms with Crippen molar-refractivity contribution in [3.63, 3.8) is 0 Å². The molecule has 0 aromatic heterocycles. The second kappa shape index (κ2) is 8.44. The van der Waals surface area contributed by atoms with E-state index in [-0.39, 0.29) is 0 Å².